The molecule has 0 radical (unpaired) electrons. The van der Waals surface area contributed by atoms with Gasteiger partial charge >= 0.3 is 11.9 Å². The second kappa shape index (κ2) is 10.5. The van der Waals surface area contributed by atoms with Crippen LogP contribution in [0.4, 0.5) is 0 Å². The summed E-state index contributed by atoms with van der Waals surface area (Å²) in [5.74, 6) is 1.92. The van der Waals surface area contributed by atoms with E-state index in [0.717, 1.165) is 11.5 Å². The maximum Gasteiger partial charge on any atom is 0.323 e. The molecular weight excluding hydrogens is 276 g/mol. The fourth-order valence-electron chi connectivity index (χ4n) is 0.977. The third-order valence-electron chi connectivity index (χ3n) is 1.97. The van der Waals surface area contributed by atoms with E-state index in [-0.39, 0.29) is 0 Å². The van der Waals surface area contributed by atoms with Gasteiger partial charge in [-0.3, -0.25) is 9.59 Å². The number of thioether (sulfide) groups is 2. The van der Waals surface area contributed by atoms with Crippen molar-refractivity contribution in [2.45, 2.75) is 12.1 Å². The summed E-state index contributed by atoms with van der Waals surface area (Å²) in [6.07, 6.45) is 0. The average molecular weight is 296 g/mol. The molecule has 0 aliphatic rings. The van der Waals surface area contributed by atoms with E-state index < -0.39 is 24.0 Å². The SMILES string of the molecule is COC(=O)[C@H](N)CSCCSC[C@@H](N)C(=O)OC. The van der Waals surface area contributed by atoms with Crippen LogP contribution in [0.3, 0.4) is 0 Å². The molecule has 6 nitrogen and oxygen atoms in total. The lowest BCUT2D eigenvalue weighted by molar-refractivity contribution is -0.142. The van der Waals surface area contributed by atoms with E-state index in [2.05, 4.69) is 9.47 Å². The molecule has 0 aliphatic heterocycles. The fraction of sp³-hybridized carbons (Fsp3) is 0.800. The molecule has 0 amide bonds. The second-order valence-corrected chi connectivity index (χ2v) is 5.71. The molecule has 8 heteroatoms. The Morgan fingerprint density at radius 3 is 1.56 bits per heavy atom. The molecule has 0 aromatic carbocycles. The van der Waals surface area contributed by atoms with Crippen molar-refractivity contribution >= 4 is 35.5 Å². The number of hydrogen-bond donors (Lipinski definition) is 2. The van der Waals surface area contributed by atoms with Crippen LogP contribution in [-0.4, -0.2) is 61.3 Å². The molecule has 106 valence electrons. The highest BCUT2D eigenvalue weighted by molar-refractivity contribution is 8.03. The van der Waals surface area contributed by atoms with Gasteiger partial charge in [0.25, 0.3) is 0 Å². The van der Waals surface area contributed by atoms with Crippen molar-refractivity contribution in [1.82, 2.24) is 0 Å². The summed E-state index contributed by atoms with van der Waals surface area (Å²) in [4.78, 5) is 22.0. The molecule has 0 fully saturated rings. The van der Waals surface area contributed by atoms with Gasteiger partial charge < -0.3 is 20.9 Å². The van der Waals surface area contributed by atoms with Crippen molar-refractivity contribution in [3.05, 3.63) is 0 Å². The Morgan fingerprint density at radius 1 is 0.944 bits per heavy atom. The van der Waals surface area contributed by atoms with Crippen LogP contribution in [0.25, 0.3) is 0 Å². The highest BCUT2D eigenvalue weighted by Gasteiger charge is 2.14. The Balaban J connectivity index is 3.46. The third-order valence-corrected chi connectivity index (χ3v) is 4.41. The Labute approximate surface area is 115 Å². The van der Waals surface area contributed by atoms with Crippen LogP contribution in [0.1, 0.15) is 0 Å². The van der Waals surface area contributed by atoms with Crippen molar-refractivity contribution in [2.24, 2.45) is 11.5 Å². The Bertz CT molecular complexity index is 240. The molecule has 0 aromatic rings. The van der Waals surface area contributed by atoms with Crippen LogP contribution in [0, 0.1) is 0 Å². The van der Waals surface area contributed by atoms with Crippen molar-refractivity contribution in [3.8, 4) is 0 Å². The van der Waals surface area contributed by atoms with Crippen LogP contribution < -0.4 is 11.5 Å². The number of esters is 2. The number of carbonyl (C=O) groups excluding carboxylic acids is 2. The van der Waals surface area contributed by atoms with Gasteiger partial charge in [0.2, 0.25) is 0 Å². The summed E-state index contributed by atoms with van der Waals surface area (Å²) in [7, 11) is 2.63. The monoisotopic (exact) mass is 296 g/mol. The molecule has 0 saturated carbocycles. The first-order valence-corrected chi connectivity index (χ1v) is 7.66. The topological polar surface area (TPSA) is 105 Å². The van der Waals surface area contributed by atoms with E-state index in [9.17, 15) is 9.59 Å². The minimum Gasteiger partial charge on any atom is -0.468 e. The molecule has 0 spiro atoms. The Morgan fingerprint density at radius 2 is 1.28 bits per heavy atom. The van der Waals surface area contributed by atoms with E-state index in [1.54, 1.807) is 23.5 Å². The maximum atomic E-state index is 11.0. The molecule has 4 N–H and O–H groups in total. The molecular formula is C10H20N2O4S2. The van der Waals surface area contributed by atoms with E-state index in [0.29, 0.717) is 11.5 Å². The predicted molar refractivity (Wildman–Crippen MR) is 74.6 cm³/mol. The summed E-state index contributed by atoms with van der Waals surface area (Å²) >= 11 is 3.13. The first-order chi connectivity index (χ1) is 8.52. The highest BCUT2D eigenvalue weighted by atomic mass is 32.2. The van der Waals surface area contributed by atoms with Gasteiger partial charge in [0, 0.05) is 23.0 Å². The number of rotatable bonds is 9. The van der Waals surface area contributed by atoms with Gasteiger partial charge in [0.15, 0.2) is 0 Å². The van der Waals surface area contributed by atoms with Gasteiger partial charge in [-0.15, -0.1) is 0 Å². The number of hydrogen-bond acceptors (Lipinski definition) is 8. The molecule has 0 aliphatic carbocycles. The quantitative estimate of drug-likeness (QED) is 0.431. The van der Waals surface area contributed by atoms with Crippen molar-refractivity contribution < 1.29 is 19.1 Å². The molecule has 0 rings (SSSR count). The van der Waals surface area contributed by atoms with Crippen molar-refractivity contribution in [3.63, 3.8) is 0 Å². The number of nitrogens with two attached hydrogens (primary N) is 2. The minimum absolute atomic E-state index is 0.400. The Hall–Kier alpha value is -0.440. The molecule has 18 heavy (non-hydrogen) atoms. The number of carbonyl (C=O) groups is 2. The average Bonchev–Trinajstić information content (AvgIpc) is 2.39. The van der Waals surface area contributed by atoms with Gasteiger partial charge in [0.1, 0.15) is 12.1 Å². The summed E-state index contributed by atoms with van der Waals surface area (Å²) in [5.41, 5.74) is 11.1. The lowest BCUT2D eigenvalue weighted by Gasteiger charge is -2.10. The minimum atomic E-state index is -0.581. The Kier molecular flexibility index (Phi) is 10.2. The smallest absolute Gasteiger partial charge is 0.323 e. The van der Waals surface area contributed by atoms with E-state index in [1.807, 2.05) is 0 Å². The molecule has 0 heterocycles. The van der Waals surface area contributed by atoms with Gasteiger partial charge in [-0.2, -0.15) is 23.5 Å². The molecule has 0 unspecified atom stereocenters. The van der Waals surface area contributed by atoms with E-state index >= 15 is 0 Å². The van der Waals surface area contributed by atoms with Gasteiger partial charge in [-0.05, 0) is 0 Å². The van der Waals surface area contributed by atoms with Crippen LogP contribution in [-0.2, 0) is 19.1 Å². The second-order valence-electron chi connectivity index (χ2n) is 3.41. The standard InChI is InChI=1S/C10H20N2O4S2/c1-15-9(13)7(11)5-17-3-4-18-6-8(12)10(14)16-2/h7-8H,3-6,11-12H2,1-2H3/t7-,8-/m1/s1. The number of methoxy groups -OCH3 is 2. The van der Waals surface area contributed by atoms with Gasteiger partial charge in [0.05, 0.1) is 14.2 Å². The van der Waals surface area contributed by atoms with Gasteiger partial charge in [-0.1, -0.05) is 0 Å². The number of ether oxygens (including phenoxy) is 2. The summed E-state index contributed by atoms with van der Waals surface area (Å²) < 4.78 is 9.02. The van der Waals surface area contributed by atoms with E-state index in [1.165, 1.54) is 14.2 Å². The van der Waals surface area contributed by atoms with Crippen LogP contribution in [0.2, 0.25) is 0 Å². The molecule has 0 saturated heterocycles. The lowest BCUT2D eigenvalue weighted by atomic mass is 10.4. The molecule has 2 atom stereocenters. The summed E-state index contributed by atoms with van der Waals surface area (Å²) in [6, 6.07) is -1.16. The molecule has 0 aromatic heterocycles. The summed E-state index contributed by atoms with van der Waals surface area (Å²) in [6.45, 7) is 0. The molecule has 0 bridgehead atoms. The van der Waals surface area contributed by atoms with Gasteiger partial charge in [-0.25, -0.2) is 0 Å². The zero-order valence-electron chi connectivity index (χ0n) is 10.6. The maximum absolute atomic E-state index is 11.0. The highest BCUT2D eigenvalue weighted by Crippen LogP contribution is 2.09. The zero-order chi connectivity index (χ0) is 14.0. The fourth-order valence-corrected chi connectivity index (χ4v) is 3.03. The third kappa shape index (κ3) is 7.80. The van der Waals surface area contributed by atoms with E-state index in [4.69, 9.17) is 11.5 Å². The largest absolute Gasteiger partial charge is 0.468 e. The van der Waals surface area contributed by atoms with Crippen LogP contribution >= 0.6 is 23.5 Å². The predicted octanol–water partition coefficient (Wildman–Crippen LogP) is -0.547. The normalized spacial score (nSPS) is 13.8. The zero-order valence-corrected chi connectivity index (χ0v) is 12.2. The van der Waals surface area contributed by atoms with Crippen molar-refractivity contribution in [2.75, 3.05) is 37.2 Å². The first kappa shape index (κ1) is 17.6. The van der Waals surface area contributed by atoms with Crippen LogP contribution in [0.15, 0.2) is 0 Å². The van der Waals surface area contributed by atoms with Crippen LogP contribution in [0.5, 0.6) is 0 Å². The summed E-state index contributed by atoms with van der Waals surface area (Å²) in [5, 5.41) is 0. The lowest BCUT2D eigenvalue weighted by Crippen LogP contribution is -2.34. The van der Waals surface area contributed by atoms with Crippen molar-refractivity contribution in [1.29, 1.82) is 0 Å². The first-order valence-electron chi connectivity index (χ1n) is 5.35.